The molecule has 0 aliphatic heterocycles. The van der Waals surface area contributed by atoms with Crippen LogP contribution in [0.5, 0.6) is 0 Å². The van der Waals surface area contributed by atoms with Gasteiger partial charge in [-0.15, -0.1) is 0 Å². The normalized spacial score (nSPS) is 7.31. The van der Waals surface area contributed by atoms with Crippen molar-refractivity contribution in [3.8, 4) is 0 Å². The SMILES string of the molecule is CC.CC(C)=O.CC(C)=O.CC=CC.CC=O.CCC(=O)CC.CCC(C)=O.CCC(C)=O.CCCC(C)=O. The smallest absolute Gasteiger partial charge is 0.132 e. The Labute approximate surface area is 243 Å². The van der Waals surface area contributed by atoms with Crippen molar-refractivity contribution in [2.45, 2.75) is 156 Å². The lowest BCUT2D eigenvalue weighted by Crippen LogP contribution is -1.88. The van der Waals surface area contributed by atoms with Crippen molar-refractivity contribution in [1.29, 1.82) is 0 Å². The van der Waals surface area contributed by atoms with Crippen LogP contribution < -0.4 is 0 Å². The molecule has 0 atom stereocenters. The molecule has 0 unspecified atom stereocenters. The van der Waals surface area contributed by atoms with Crippen LogP contribution in [0.15, 0.2) is 12.2 Å². The highest BCUT2D eigenvalue weighted by molar-refractivity contribution is 5.77. The minimum Gasteiger partial charge on any atom is -0.304 e. The highest BCUT2D eigenvalue weighted by atomic mass is 16.1. The summed E-state index contributed by atoms with van der Waals surface area (Å²) in [7, 11) is 0. The quantitative estimate of drug-likeness (QED) is 0.234. The predicted octanol–water partition coefficient (Wildman–Crippen LogP) is 8.73. The summed E-state index contributed by atoms with van der Waals surface area (Å²) in [6.07, 6.45) is 9.18. The molecule has 0 amide bonds. The van der Waals surface area contributed by atoms with Gasteiger partial charge in [0.15, 0.2) is 0 Å². The van der Waals surface area contributed by atoms with Crippen molar-refractivity contribution in [2.75, 3.05) is 0 Å². The van der Waals surface area contributed by atoms with Crippen LogP contribution >= 0.6 is 0 Å². The molecular weight excluding hydrogens is 496 g/mol. The molecule has 0 heterocycles. The number of Topliss-reactive ketones (excluding diaryl/α,β-unsaturated/α-hetero) is 6. The topological polar surface area (TPSA) is 119 Å². The summed E-state index contributed by atoms with van der Waals surface area (Å²) in [6, 6.07) is 0. The van der Waals surface area contributed by atoms with E-state index in [0.29, 0.717) is 31.5 Å². The van der Waals surface area contributed by atoms with E-state index in [1.165, 1.54) is 34.6 Å². The van der Waals surface area contributed by atoms with Crippen molar-refractivity contribution >= 4 is 41.0 Å². The maximum atomic E-state index is 10.2. The van der Waals surface area contributed by atoms with Crippen molar-refractivity contribution in [3.63, 3.8) is 0 Å². The second-order valence-corrected chi connectivity index (χ2v) is 7.53. The Hall–Kier alpha value is -2.57. The fourth-order valence-corrected chi connectivity index (χ4v) is 0.602. The van der Waals surface area contributed by atoms with Gasteiger partial charge in [0.2, 0.25) is 0 Å². The number of hydrogen-bond donors (Lipinski definition) is 0. The van der Waals surface area contributed by atoms with Gasteiger partial charge in [-0.1, -0.05) is 60.6 Å². The third-order valence-electron chi connectivity index (χ3n) is 2.72. The summed E-state index contributed by atoms with van der Waals surface area (Å²) >= 11 is 0. The van der Waals surface area contributed by atoms with Gasteiger partial charge in [0.25, 0.3) is 0 Å². The van der Waals surface area contributed by atoms with Crippen LogP contribution in [-0.4, -0.2) is 41.0 Å². The van der Waals surface area contributed by atoms with Crippen LogP contribution in [0, 0.1) is 0 Å². The number of aldehydes is 1. The molecule has 7 heteroatoms. The summed E-state index contributed by atoms with van der Waals surface area (Å²) < 4.78 is 0. The van der Waals surface area contributed by atoms with E-state index in [-0.39, 0.29) is 28.9 Å². The number of rotatable bonds is 6. The van der Waals surface area contributed by atoms with Crippen LogP contribution in [0.2, 0.25) is 0 Å². The van der Waals surface area contributed by atoms with E-state index < -0.39 is 0 Å². The van der Waals surface area contributed by atoms with E-state index >= 15 is 0 Å². The summed E-state index contributed by atoms with van der Waals surface area (Å²) in [5.41, 5.74) is 0. The Morgan fingerprint density at radius 3 is 0.667 bits per heavy atom. The zero-order valence-corrected chi connectivity index (χ0v) is 28.8. The zero-order valence-electron chi connectivity index (χ0n) is 28.8. The first-order valence-electron chi connectivity index (χ1n) is 13.8. The molecule has 0 rings (SSSR count). The lowest BCUT2D eigenvalue weighted by molar-refractivity contribution is -0.119. The van der Waals surface area contributed by atoms with Gasteiger partial charge in [0.1, 0.15) is 41.0 Å². The van der Waals surface area contributed by atoms with Gasteiger partial charge in [0.05, 0.1) is 0 Å². The molecule has 0 saturated heterocycles. The van der Waals surface area contributed by atoms with Crippen molar-refractivity contribution in [2.24, 2.45) is 0 Å². The fraction of sp³-hybridized carbons (Fsp3) is 0.719. The molecule has 0 radical (unpaired) electrons. The highest BCUT2D eigenvalue weighted by Crippen LogP contribution is 1.84. The summed E-state index contributed by atoms with van der Waals surface area (Å²) in [5.74, 6) is 1.47. The Bertz CT molecular complexity index is 517. The standard InChI is InChI=1S/2C5H10O.2C4H8O.C4H8.2C3H6O.C2H4O.C2H6/c1-3-4-5(2)6;1-3-5(6)4-2;2*1-3-4(2)5;1-3-4-2;2*1-3(2)4;1-2-3;1-2/h2*3-4H2,1-2H3;2*3H2,1-2H3;3-4H,1-2H3;2*1-2H3;2H,1H3;1-2H3. The van der Waals surface area contributed by atoms with Gasteiger partial charge in [-0.05, 0) is 75.7 Å². The molecule has 39 heavy (non-hydrogen) atoms. The third-order valence-corrected chi connectivity index (χ3v) is 2.72. The van der Waals surface area contributed by atoms with Gasteiger partial charge < -0.3 is 28.8 Å². The van der Waals surface area contributed by atoms with Crippen LogP contribution in [0.1, 0.15) is 156 Å². The van der Waals surface area contributed by atoms with Gasteiger partial charge in [-0.2, -0.15) is 0 Å². The largest absolute Gasteiger partial charge is 0.304 e. The molecule has 0 fully saturated rings. The minimum atomic E-state index is 0.167. The molecule has 0 aromatic heterocycles. The summed E-state index contributed by atoms with van der Waals surface area (Å²) in [5, 5.41) is 0. The van der Waals surface area contributed by atoms with E-state index in [0.717, 1.165) is 19.1 Å². The Morgan fingerprint density at radius 2 is 0.667 bits per heavy atom. The lowest BCUT2D eigenvalue weighted by atomic mass is 10.3. The van der Waals surface area contributed by atoms with Gasteiger partial charge in [0, 0.05) is 32.1 Å². The van der Waals surface area contributed by atoms with E-state index in [1.54, 1.807) is 20.8 Å². The number of hydrogen-bond acceptors (Lipinski definition) is 7. The highest BCUT2D eigenvalue weighted by Gasteiger charge is 1.86. The van der Waals surface area contributed by atoms with Crippen molar-refractivity contribution in [1.82, 2.24) is 0 Å². The first-order chi connectivity index (χ1) is 17.9. The lowest BCUT2D eigenvalue weighted by Gasteiger charge is -1.81. The number of allylic oxidation sites excluding steroid dienone is 2. The zero-order chi connectivity index (χ0) is 33.8. The number of carbonyl (C=O) groups is 7. The van der Waals surface area contributed by atoms with E-state index in [4.69, 9.17) is 4.79 Å². The predicted molar refractivity (Wildman–Crippen MR) is 169 cm³/mol. The molecule has 0 N–H and O–H groups in total. The molecule has 0 spiro atoms. The van der Waals surface area contributed by atoms with E-state index in [9.17, 15) is 28.8 Å². The van der Waals surface area contributed by atoms with Crippen LogP contribution in [-0.2, 0) is 33.6 Å². The van der Waals surface area contributed by atoms with Crippen LogP contribution in [0.25, 0.3) is 0 Å². The third kappa shape index (κ3) is 445. The summed E-state index contributed by atoms with van der Waals surface area (Å²) in [4.78, 5) is 67.5. The minimum absolute atomic E-state index is 0.167. The monoisotopic (exact) mass is 562 g/mol. The maximum Gasteiger partial charge on any atom is 0.132 e. The summed E-state index contributed by atoms with van der Waals surface area (Å²) in [6.45, 7) is 29.8. The molecule has 0 bridgehead atoms. The molecule has 0 aromatic carbocycles. The molecule has 0 aliphatic carbocycles. The van der Waals surface area contributed by atoms with Gasteiger partial charge >= 0.3 is 0 Å². The second kappa shape index (κ2) is 70.4. The number of ketones is 6. The molecular formula is C32H66O7. The molecule has 7 nitrogen and oxygen atoms in total. The first-order valence-corrected chi connectivity index (χ1v) is 13.8. The van der Waals surface area contributed by atoms with Crippen LogP contribution in [0.4, 0.5) is 0 Å². The first kappa shape index (κ1) is 60.8. The Morgan fingerprint density at radius 1 is 0.487 bits per heavy atom. The van der Waals surface area contributed by atoms with Crippen LogP contribution in [0.3, 0.4) is 0 Å². The number of carbonyl (C=O) groups excluding carboxylic acids is 7. The Balaban J connectivity index is -0.0000000376. The van der Waals surface area contributed by atoms with Gasteiger partial charge in [-0.25, -0.2) is 0 Å². The maximum absolute atomic E-state index is 10.2. The Kier molecular flexibility index (Phi) is 110. The second-order valence-electron chi connectivity index (χ2n) is 7.53. The molecule has 236 valence electrons. The van der Waals surface area contributed by atoms with Crippen molar-refractivity contribution < 1.29 is 33.6 Å². The van der Waals surface area contributed by atoms with E-state index in [2.05, 4.69) is 0 Å². The molecule has 0 aliphatic rings. The average Bonchev–Trinajstić information content (AvgIpc) is 2.85. The molecule has 0 saturated carbocycles. The van der Waals surface area contributed by atoms with Gasteiger partial charge in [-0.3, -0.25) is 4.79 Å². The fourth-order valence-electron chi connectivity index (χ4n) is 0.602. The van der Waals surface area contributed by atoms with Crippen molar-refractivity contribution in [3.05, 3.63) is 12.2 Å². The molecule has 0 aromatic rings. The average molecular weight is 563 g/mol. The van der Waals surface area contributed by atoms with E-state index in [1.807, 2.05) is 74.5 Å².